The number of hydrogen-bond acceptors (Lipinski definition) is 3. The van der Waals surface area contributed by atoms with Crippen LogP contribution < -0.4 is 5.73 Å². The van der Waals surface area contributed by atoms with Crippen LogP contribution in [0.5, 0.6) is 0 Å². The third-order valence-electron chi connectivity index (χ3n) is 3.49. The number of aromatic nitrogens is 1. The zero-order valence-electron chi connectivity index (χ0n) is 12.0. The van der Waals surface area contributed by atoms with E-state index in [1.165, 1.54) is 0 Å². The molecule has 1 unspecified atom stereocenters. The monoisotopic (exact) mass is 367 g/mol. The minimum absolute atomic E-state index is 0.127. The predicted octanol–water partition coefficient (Wildman–Crippen LogP) is 4.02. The average molecular weight is 369 g/mol. The molecule has 112 valence electrons. The van der Waals surface area contributed by atoms with Gasteiger partial charge >= 0.3 is 0 Å². The van der Waals surface area contributed by atoms with Gasteiger partial charge in [0.1, 0.15) is 0 Å². The van der Waals surface area contributed by atoms with E-state index in [4.69, 9.17) is 17.3 Å². The fourth-order valence-electron chi connectivity index (χ4n) is 2.36. The van der Waals surface area contributed by atoms with Crippen molar-refractivity contribution < 1.29 is 0 Å². The third-order valence-corrected chi connectivity index (χ3v) is 4.72. The lowest BCUT2D eigenvalue weighted by Crippen LogP contribution is -2.33. The van der Waals surface area contributed by atoms with Crippen molar-refractivity contribution in [2.75, 3.05) is 13.1 Å². The standard InChI is InChI=1S/C16H19BrClN3/c1-2-21(11-13-5-3-4-8-20-13)16(10-19)12-6-7-14(17)15(18)9-12/h3-9,16H,2,10-11,19H2,1H3. The van der Waals surface area contributed by atoms with E-state index in [1.54, 1.807) is 0 Å². The maximum atomic E-state index is 6.20. The van der Waals surface area contributed by atoms with E-state index in [9.17, 15) is 0 Å². The minimum Gasteiger partial charge on any atom is -0.329 e. The topological polar surface area (TPSA) is 42.2 Å². The highest BCUT2D eigenvalue weighted by atomic mass is 79.9. The van der Waals surface area contributed by atoms with E-state index >= 15 is 0 Å². The highest BCUT2D eigenvalue weighted by Crippen LogP contribution is 2.28. The zero-order chi connectivity index (χ0) is 15.2. The Hall–Kier alpha value is -0.940. The van der Waals surface area contributed by atoms with Gasteiger partial charge in [-0.15, -0.1) is 0 Å². The summed E-state index contributed by atoms with van der Waals surface area (Å²) >= 11 is 9.63. The van der Waals surface area contributed by atoms with Gasteiger partial charge in [-0.05, 0) is 52.3 Å². The third kappa shape index (κ3) is 4.27. The molecule has 1 aromatic carbocycles. The molecule has 0 aliphatic rings. The fraction of sp³-hybridized carbons (Fsp3) is 0.312. The van der Waals surface area contributed by atoms with Crippen LogP contribution in [0.15, 0.2) is 47.1 Å². The van der Waals surface area contributed by atoms with Crippen molar-refractivity contribution >= 4 is 27.5 Å². The maximum Gasteiger partial charge on any atom is 0.0551 e. The van der Waals surface area contributed by atoms with Crippen LogP contribution in [0.2, 0.25) is 5.02 Å². The lowest BCUT2D eigenvalue weighted by atomic mass is 10.0. The first kappa shape index (κ1) is 16.4. The molecule has 0 amide bonds. The van der Waals surface area contributed by atoms with Crippen molar-refractivity contribution in [1.82, 2.24) is 9.88 Å². The summed E-state index contributed by atoms with van der Waals surface area (Å²) in [4.78, 5) is 6.70. The summed E-state index contributed by atoms with van der Waals surface area (Å²) in [6.07, 6.45) is 1.82. The Bertz CT molecular complexity index is 577. The van der Waals surface area contributed by atoms with Crippen molar-refractivity contribution in [3.63, 3.8) is 0 Å². The van der Waals surface area contributed by atoms with Crippen molar-refractivity contribution in [2.24, 2.45) is 5.73 Å². The molecule has 2 rings (SSSR count). The highest BCUT2D eigenvalue weighted by Gasteiger charge is 2.19. The molecule has 0 radical (unpaired) electrons. The quantitative estimate of drug-likeness (QED) is 0.837. The Morgan fingerprint density at radius 3 is 2.71 bits per heavy atom. The summed E-state index contributed by atoms with van der Waals surface area (Å²) < 4.78 is 0.900. The molecule has 21 heavy (non-hydrogen) atoms. The summed E-state index contributed by atoms with van der Waals surface area (Å²) in [5.74, 6) is 0. The van der Waals surface area contributed by atoms with Gasteiger partial charge in [0, 0.05) is 29.8 Å². The molecule has 1 atom stereocenters. The lowest BCUT2D eigenvalue weighted by molar-refractivity contribution is 0.201. The second-order valence-electron chi connectivity index (χ2n) is 4.81. The fourth-order valence-corrected chi connectivity index (χ4v) is 2.79. The summed E-state index contributed by atoms with van der Waals surface area (Å²) in [6, 6.07) is 12.1. The van der Waals surface area contributed by atoms with E-state index in [1.807, 2.05) is 36.5 Å². The molecule has 0 fully saturated rings. The number of rotatable bonds is 6. The Labute approximate surface area is 139 Å². The minimum atomic E-state index is 0.127. The molecule has 0 bridgehead atoms. The Morgan fingerprint density at radius 2 is 2.14 bits per heavy atom. The summed E-state index contributed by atoms with van der Waals surface area (Å²) in [5, 5.41) is 0.708. The van der Waals surface area contributed by atoms with E-state index < -0.39 is 0 Å². The van der Waals surface area contributed by atoms with Crippen LogP contribution in [-0.4, -0.2) is 23.0 Å². The smallest absolute Gasteiger partial charge is 0.0551 e. The van der Waals surface area contributed by atoms with Gasteiger partial charge in [-0.3, -0.25) is 9.88 Å². The van der Waals surface area contributed by atoms with Crippen LogP contribution in [0.4, 0.5) is 0 Å². The number of pyridine rings is 1. The number of likely N-dealkylation sites (N-methyl/N-ethyl adjacent to an activating group) is 1. The first-order valence-electron chi connectivity index (χ1n) is 6.94. The molecule has 0 aliphatic carbocycles. The largest absolute Gasteiger partial charge is 0.329 e. The van der Waals surface area contributed by atoms with Gasteiger partial charge in [-0.25, -0.2) is 0 Å². The summed E-state index contributed by atoms with van der Waals surface area (Å²) in [7, 11) is 0. The lowest BCUT2D eigenvalue weighted by Gasteiger charge is -2.30. The molecule has 2 N–H and O–H groups in total. The van der Waals surface area contributed by atoms with Crippen LogP contribution in [0.25, 0.3) is 0 Å². The van der Waals surface area contributed by atoms with E-state index in [0.717, 1.165) is 28.8 Å². The summed E-state index contributed by atoms with van der Waals surface area (Å²) in [6.45, 7) is 4.34. The molecule has 2 aromatic rings. The van der Waals surface area contributed by atoms with Gasteiger partial charge < -0.3 is 5.73 Å². The molecule has 0 saturated heterocycles. The molecule has 0 aliphatic heterocycles. The van der Waals surface area contributed by atoms with Crippen LogP contribution in [-0.2, 0) is 6.54 Å². The van der Waals surface area contributed by atoms with Crippen molar-refractivity contribution in [2.45, 2.75) is 19.5 Å². The average Bonchev–Trinajstić information content (AvgIpc) is 2.51. The molecular formula is C16H19BrClN3. The second-order valence-corrected chi connectivity index (χ2v) is 6.07. The highest BCUT2D eigenvalue weighted by molar-refractivity contribution is 9.10. The SMILES string of the molecule is CCN(Cc1ccccn1)C(CN)c1ccc(Br)c(Cl)c1. The predicted molar refractivity (Wildman–Crippen MR) is 91.3 cm³/mol. The van der Waals surface area contributed by atoms with Gasteiger partial charge in [0.05, 0.1) is 10.7 Å². The van der Waals surface area contributed by atoms with E-state index in [2.05, 4.69) is 38.8 Å². The number of nitrogens with two attached hydrogens (primary N) is 1. The van der Waals surface area contributed by atoms with Crippen LogP contribution in [0.3, 0.4) is 0 Å². The number of hydrogen-bond donors (Lipinski definition) is 1. The molecule has 3 nitrogen and oxygen atoms in total. The maximum absolute atomic E-state index is 6.20. The molecule has 5 heteroatoms. The molecular weight excluding hydrogens is 350 g/mol. The Kier molecular flexibility index (Phi) is 6.18. The summed E-state index contributed by atoms with van der Waals surface area (Å²) in [5.41, 5.74) is 8.18. The van der Waals surface area contributed by atoms with Crippen molar-refractivity contribution in [3.8, 4) is 0 Å². The van der Waals surface area contributed by atoms with Crippen LogP contribution in [0, 0.1) is 0 Å². The Balaban J connectivity index is 2.22. The zero-order valence-corrected chi connectivity index (χ0v) is 14.3. The normalized spacial score (nSPS) is 12.6. The van der Waals surface area contributed by atoms with Gasteiger partial charge in [0.2, 0.25) is 0 Å². The van der Waals surface area contributed by atoms with Gasteiger partial charge in [-0.2, -0.15) is 0 Å². The van der Waals surface area contributed by atoms with E-state index in [-0.39, 0.29) is 6.04 Å². The van der Waals surface area contributed by atoms with Gasteiger partial charge in [0.15, 0.2) is 0 Å². The first-order valence-corrected chi connectivity index (χ1v) is 8.11. The molecule has 1 aromatic heterocycles. The molecule has 1 heterocycles. The Morgan fingerprint density at radius 1 is 1.33 bits per heavy atom. The number of nitrogens with zero attached hydrogens (tertiary/aromatic N) is 2. The van der Waals surface area contributed by atoms with Gasteiger partial charge in [0.25, 0.3) is 0 Å². The van der Waals surface area contributed by atoms with Gasteiger partial charge in [-0.1, -0.05) is 30.7 Å². The number of halogens is 2. The van der Waals surface area contributed by atoms with Crippen molar-refractivity contribution in [1.29, 1.82) is 0 Å². The van der Waals surface area contributed by atoms with Crippen LogP contribution in [0.1, 0.15) is 24.2 Å². The molecule has 0 saturated carbocycles. The first-order chi connectivity index (χ1) is 10.2. The van der Waals surface area contributed by atoms with Crippen LogP contribution >= 0.6 is 27.5 Å². The van der Waals surface area contributed by atoms with Crippen molar-refractivity contribution in [3.05, 3.63) is 63.3 Å². The molecule has 0 spiro atoms. The second kappa shape index (κ2) is 7.90. The number of benzene rings is 1. The van der Waals surface area contributed by atoms with E-state index in [0.29, 0.717) is 11.6 Å².